The van der Waals surface area contributed by atoms with Gasteiger partial charge in [-0.05, 0) is 28.9 Å². The van der Waals surface area contributed by atoms with Gasteiger partial charge in [-0.1, -0.05) is 0 Å². The second-order valence-electron chi connectivity index (χ2n) is 3.16. The van der Waals surface area contributed by atoms with Crippen LogP contribution in [0.4, 0.5) is 0 Å². The van der Waals surface area contributed by atoms with E-state index in [-0.39, 0.29) is 5.75 Å². The summed E-state index contributed by atoms with van der Waals surface area (Å²) >= 11 is 5.11. The Morgan fingerprint density at radius 3 is 2.73 bits per heavy atom. The van der Waals surface area contributed by atoms with Gasteiger partial charge in [-0.3, -0.25) is 0 Å². The van der Waals surface area contributed by atoms with E-state index in [1.54, 1.807) is 11.3 Å². The van der Waals surface area contributed by atoms with E-state index >= 15 is 0 Å². The van der Waals surface area contributed by atoms with Crippen LogP contribution in [0.2, 0.25) is 0 Å². The van der Waals surface area contributed by atoms with Crippen LogP contribution in [0.3, 0.4) is 0 Å². The number of nitrogens with two attached hydrogens (primary N) is 1. The normalized spacial score (nSPS) is 11.9. The fraction of sp³-hybridized carbons (Fsp3) is 0.500. The number of sulfonamides is 1. The first-order valence-electron chi connectivity index (χ1n) is 4.34. The van der Waals surface area contributed by atoms with E-state index in [0.29, 0.717) is 13.1 Å². The molecule has 0 spiro atoms. The summed E-state index contributed by atoms with van der Waals surface area (Å²) in [7, 11) is -3.35. The number of thiophene rings is 1. The minimum Gasteiger partial charge on any atom is -0.311 e. The zero-order chi connectivity index (χ0) is 11.5. The van der Waals surface area contributed by atoms with Gasteiger partial charge in [-0.15, -0.1) is 11.3 Å². The van der Waals surface area contributed by atoms with E-state index in [9.17, 15) is 8.42 Å². The van der Waals surface area contributed by atoms with Gasteiger partial charge in [0.25, 0.3) is 0 Å². The van der Waals surface area contributed by atoms with Crippen LogP contribution in [0.25, 0.3) is 0 Å². The highest BCUT2D eigenvalue weighted by Gasteiger charge is 2.04. The Kier molecular flexibility index (Phi) is 4.72. The maximum absolute atomic E-state index is 10.6. The lowest BCUT2D eigenvalue weighted by Gasteiger charge is -2.00. The van der Waals surface area contributed by atoms with E-state index in [4.69, 9.17) is 5.14 Å². The molecule has 0 radical (unpaired) electrons. The third kappa shape index (κ3) is 5.07. The minimum atomic E-state index is -3.35. The molecule has 4 nitrogen and oxygen atoms in total. The van der Waals surface area contributed by atoms with Crippen molar-refractivity contribution in [3.05, 3.63) is 20.3 Å². The smallest absolute Gasteiger partial charge is 0.210 e. The van der Waals surface area contributed by atoms with Crippen molar-refractivity contribution in [2.24, 2.45) is 5.14 Å². The summed E-state index contributed by atoms with van der Waals surface area (Å²) in [6.07, 6.45) is 0. The zero-order valence-electron chi connectivity index (χ0n) is 8.29. The van der Waals surface area contributed by atoms with E-state index in [1.807, 2.05) is 13.0 Å². The molecule has 0 aromatic carbocycles. The summed E-state index contributed by atoms with van der Waals surface area (Å²) < 4.78 is 22.4. The van der Waals surface area contributed by atoms with Crippen LogP contribution in [-0.4, -0.2) is 20.7 Å². The predicted molar refractivity (Wildman–Crippen MR) is 66.4 cm³/mol. The third-order valence-corrected chi connectivity index (χ3v) is 4.68. The number of halogens is 1. The Morgan fingerprint density at radius 2 is 2.27 bits per heavy atom. The van der Waals surface area contributed by atoms with E-state index in [2.05, 4.69) is 21.2 Å². The summed E-state index contributed by atoms with van der Waals surface area (Å²) in [5.74, 6) is -0.0292. The van der Waals surface area contributed by atoms with Crippen molar-refractivity contribution in [1.29, 1.82) is 0 Å². The highest BCUT2D eigenvalue weighted by Crippen LogP contribution is 2.25. The Labute approximate surface area is 102 Å². The van der Waals surface area contributed by atoms with Gasteiger partial charge in [0.2, 0.25) is 10.0 Å². The van der Waals surface area contributed by atoms with E-state index in [1.165, 1.54) is 9.75 Å². The van der Waals surface area contributed by atoms with Crippen LogP contribution in [-0.2, 0) is 16.6 Å². The molecule has 0 aliphatic carbocycles. The molecule has 0 atom stereocenters. The second-order valence-corrected chi connectivity index (χ2v) is 7.09. The van der Waals surface area contributed by atoms with Crippen LogP contribution >= 0.6 is 27.3 Å². The largest absolute Gasteiger partial charge is 0.311 e. The molecule has 0 unspecified atom stereocenters. The van der Waals surface area contributed by atoms with Crippen LogP contribution < -0.4 is 10.5 Å². The van der Waals surface area contributed by atoms with Crippen molar-refractivity contribution in [3.8, 4) is 0 Å². The fourth-order valence-corrected chi connectivity index (χ4v) is 3.03. The lowest BCUT2D eigenvalue weighted by atomic mass is 10.4. The van der Waals surface area contributed by atoms with Crippen molar-refractivity contribution in [1.82, 2.24) is 5.32 Å². The number of hydrogen-bond acceptors (Lipinski definition) is 4. The molecule has 1 heterocycles. The van der Waals surface area contributed by atoms with Gasteiger partial charge in [0.05, 0.1) is 5.75 Å². The molecule has 0 saturated heterocycles. The van der Waals surface area contributed by atoms with Crippen molar-refractivity contribution >= 4 is 37.3 Å². The first-order chi connectivity index (χ1) is 6.88. The van der Waals surface area contributed by atoms with Gasteiger partial charge < -0.3 is 5.32 Å². The summed E-state index contributed by atoms with van der Waals surface area (Å²) in [6.45, 7) is 3.09. The quantitative estimate of drug-likeness (QED) is 0.802. The average molecular weight is 313 g/mol. The number of rotatable bonds is 5. The first kappa shape index (κ1) is 13.1. The Morgan fingerprint density at radius 1 is 1.60 bits per heavy atom. The topological polar surface area (TPSA) is 72.2 Å². The molecular formula is C8H13BrN2O2S2. The molecule has 0 amide bonds. The van der Waals surface area contributed by atoms with E-state index in [0.717, 1.165) is 4.47 Å². The SMILES string of the molecule is Cc1sc(CNCCS(N)(=O)=O)cc1Br. The molecule has 0 saturated carbocycles. The highest BCUT2D eigenvalue weighted by molar-refractivity contribution is 9.10. The van der Waals surface area contributed by atoms with Gasteiger partial charge in [0, 0.05) is 27.3 Å². The molecular weight excluding hydrogens is 300 g/mol. The van der Waals surface area contributed by atoms with Gasteiger partial charge in [-0.25, -0.2) is 13.6 Å². The predicted octanol–water partition coefficient (Wildman–Crippen LogP) is 1.20. The minimum absolute atomic E-state index is 0.0292. The Hall–Kier alpha value is 0.0500. The van der Waals surface area contributed by atoms with Crippen molar-refractivity contribution in [3.63, 3.8) is 0 Å². The summed E-state index contributed by atoms with van der Waals surface area (Å²) in [5.41, 5.74) is 0. The van der Waals surface area contributed by atoms with Crippen molar-refractivity contribution < 1.29 is 8.42 Å². The number of primary sulfonamides is 1. The van der Waals surface area contributed by atoms with E-state index < -0.39 is 10.0 Å². The Bertz CT molecular complexity index is 408. The van der Waals surface area contributed by atoms with Crippen LogP contribution in [0.5, 0.6) is 0 Å². The monoisotopic (exact) mass is 312 g/mol. The number of hydrogen-bond donors (Lipinski definition) is 2. The maximum atomic E-state index is 10.6. The standard InChI is InChI=1S/C8H13BrN2O2S2/c1-6-8(9)4-7(14-6)5-11-2-3-15(10,12)13/h4,11H,2-3,5H2,1H3,(H2,10,12,13). The lowest BCUT2D eigenvalue weighted by molar-refractivity contribution is 0.592. The molecule has 1 aromatic rings. The maximum Gasteiger partial charge on any atom is 0.210 e. The van der Waals surface area contributed by atoms with Crippen LogP contribution in [0.15, 0.2) is 10.5 Å². The van der Waals surface area contributed by atoms with Gasteiger partial charge in [-0.2, -0.15) is 0 Å². The van der Waals surface area contributed by atoms with Crippen LogP contribution in [0, 0.1) is 6.92 Å². The molecule has 0 bridgehead atoms. The highest BCUT2D eigenvalue weighted by atomic mass is 79.9. The molecule has 3 N–H and O–H groups in total. The van der Waals surface area contributed by atoms with Crippen molar-refractivity contribution in [2.45, 2.75) is 13.5 Å². The summed E-state index contributed by atoms with van der Waals surface area (Å²) in [5, 5.41) is 7.90. The molecule has 0 aliphatic rings. The van der Waals surface area contributed by atoms with Gasteiger partial charge >= 0.3 is 0 Å². The molecule has 0 fully saturated rings. The van der Waals surface area contributed by atoms with Crippen molar-refractivity contribution in [2.75, 3.05) is 12.3 Å². The molecule has 15 heavy (non-hydrogen) atoms. The second kappa shape index (κ2) is 5.40. The van der Waals surface area contributed by atoms with Gasteiger partial charge in [0.1, 0.15) is 0 Å². The fourth-order valence-electron chi connectivity index (χ4n) is 1.03. The molecule has 0 aliphatic heterocycles. The lowest BCUT2D eigenvalue weighted by Crippen LogP contribution is -2.26. The number of nitrogens with one attached hydrogen (secondary N) is 1. The zero-order valence-corrected chi connectivity index (χ0v) is 11.5. The first-order valence-corrected chi connectivity index (χ1v) is 7.67. The summed E-state index contributed by atoms with van der Waals surface area (Å²) in [6, 6.07) is 2.03. The average Bonchev–Trinajstić information content (AvgIpc) is 2.39. The summed E-state index contributed by atoms with van der Waals surface area (Å²) in [4.78, 5) is 2.40. The molecule has 7 heteroatoms. The Balaban J connectivity index is 2.32. The van der Waals surface area contributed by atoms with Crippen LogP contribution in [0.1, 0.15) is 9.75 Å². The molecule has 1 aromatic heterocycles. The third-order valence-electron chi connectivity index (χ3n) is 1.77. The molecule has 1 rings (SSSR count). The van der Waals surface area contributed by atoms with Gasteiger partial charge in [0.15, 0.2) is 0 Å². The number of aryl methyl sites for hydroxylation is 1. The molecule has 86 valence electrons.